The molecule has 0 atom stereocenters. The molecule has 0 bridgehead atoms. The zero-order valence-corrected chi connectivity index (χ0v) is 13.4. The first-order valence-electron chi connectivity index (χ1n) is 7.31. The Morgan fingerprint density at radius 1 is 1.26 bits per heavy atom. The number of rotatable bonds is 5. The fourth-order valence-electron chi connectivity index (χ4n) is 2.30. The molecule has 2 heterocycles. The van der Waals surface area contributed by atoms with E-state index < -0.39 is 0 Å². The van der Waals surface area contributed by atoms with Gasteiger partial charge in [0.05, 0.1) is 29.6 Å². The van der Waals surface area contributed by atoms with E-state index in [-0.39, 0.29) is 5.56 Å². The van der Waals surface area contributed by atoms with Crippen molar-refractivity contribution in [2.24, 2.45) is 0 Å². The van der Waals surface area contributed by atoms with Crippen LogP contribution in [0.5, 0.6) is 5.75 Å². The van der Waals surface area contributed by atoms with E-state index in [1.807, 2.05) is 31.2 Å². The van der Waals surface area contributed by atoms with Crippen molar-refractivity contribution in [3.8, 4) is 5.75 Å². The molecule has 0 aliphatic carbocycles. The Morgan fingerprint density at radius 2 is 2.09 bits per heavy atom. The number of aromatic nitrogens is 2. The van der Waals surface area contributed by atoms with Crippen LogP contribution in [-0.4, -0.2) is 16.0 Å². The van der Waals surface area contributed by atoms with Gasteiger partial charge in [-0.15, -0.1) is 0 Å². The van der Waals surface area contributed by atoms with Crippen LogP contribution in [0.1, 0.15) is 12.6 Å². The molecule has 1 aromatic carbocycles. The maximum Gasteiger partial charge on any atom is 0.258 e. The van der Waals surface area contributed by atoms with Gasteiger partial charge in [0, 0.05) is 12.3 Å². The number of nitrogens with one attached hydrogen (secondary N) is 1. The van der Waals surface area contributed by atoms with Crippen LogP contribution in [0.15, 0.2) is 53.5 Å². The summed E-state index contributed by atoms with van der Waals surface area (Å²) in [6, 6.07) is 12.6. The molecule has 0 aliphatic heterocycles. The number of halogens is 1. The third kappa shape index (κ3) is 3.46. The molecule has 5 nitrogen and oxygen atoms in total. The monoisotopic (exact) mass is 329 g/mol. The summed E-state index contributed by atoms with van der Waals surface area (Å²) in [5.74, 6) is 0.777. The van der Waals surface area contributed by atoms with Gasteiger partial charge >= 0.3 is 0 Å². The van der Waals surface area contributed by atoms with Crippen LogP contribution in [0.3, 0.4) is 0 Å². The van der Waals surface area contributed by atoms with Gasteiger partial charge in [-0.25, -0.2) is 4.98 Å². The van der Waals surface area contributed by atoms with E-state index in [9.17, 15) is 4.79 Å². The number of hydrogen-bond donors (Lipinski definition) is 1. The highest BCUT2D eigenvalue weighted by Gasteiger charge is 2.05. The van der Waals surface area contributed by atoms with E-state index >= 15 is 0 Å². The smallest absolute Gasteiger partial charge is 0.258 e. The van der Waals surface area contributed by atoms with Crippen LogP contribution >= 0.6 is 11.6 Å². The van der Waals surface area contributed by atoms with Crippen molar-refractivity contribution >= 4 is 22.9 Å². The van der Waals surface area contributed by atoms with Crippen molar-refractivity contribution in [2.45, 2.75) is 13.5 Å². The Hall–Kier alpha value is -2.53. The van der Waals surface area contributed by atoms with Crippen LogP contribution in [-0.2, 0) is 6.54 Å². The average Bonchev–Trinajstić information content (AvgIpc) is 2.55. The van der Waals surface area contributed by atoms with Gasteiger partial charge in [0.25, 0.3) is 5.56 Å². The van der Waals surface area contributed by atoms with Crippen molar-refractivity contribution in [1.29, 1.82) is 0 Å². The number of pyridine rings is 1. The molecule has 1 N–H and O–H groups in total. The van der Waals surface area contributed by atoms with E-state index in [1.54, 1.807) is 18.3 Å². The number of para-hydroxylation sites is 2. The first-order valence-corrected chi connectivity index (χ1v) is 7.68. The highest BCUT2D eigenvalue weighted by molar-refractivity contribution is 6.30. The molecule has 2 aromatic heterocycles. The minimum atomic E-state index is -0.160. The fourth-order valence-corrected chi connectivity index (χ4v) is 2.46. The Balaban J connectivity index is 1.85. The summed E-state index contributed by atoms with van der Waals surface area (Å²) in [5, 5.41) is 3.75. The zero-order chi connectivity index (χ0) is 16.2. The second-order valence-corrected chi connectivity index (χ2v) is 5.38. The Kier molecular flexibility index (Phi) is 4.48. The van der Waals surface area contributed by atoms with Gasteiger partial charge in [-0.3, -0.25) is 9.20 Å². The molecule has 118 valence electrons. The molecule has 0 saturated carbocycles. The largest absolute Gasteiger partial charge is 0.492 e. The van der Waals surface area contributed by atoms with E-state index in [2.05, 4.69) is 10.3 Å². The number of ether oxygens (including phenoxy) is 1. The SMILES string of the molecule is CCOc1ccccc1NCc1cc(=O)n2cc(Cl)ccc2n1. The normalized spacial score (nSPS) is 10.7. The highest BCUT2D eigenvalue weighted by atomic mass is 35.5. The second kappa shape index (κ2) is 6.71. The van der Waals surface area contributed by atoms with Crippen molar-refractivity contribution in [3.05, 3.63) is 69.7 Å². The predicted octanol–water partition coefficient (Wildman–Crippen LogP) is 3.36. The molecule has 0 aliphatic rings. The number of anilines is 1. The first-order chi connectivity index (χ1) is 11.2. The van der Waals surface area contributed by atoms with E-state index in [4.69, 9.17) is 16.3 Å². The summed E-state index contributed by atoms with van der Waals surface area (Å²) < 4.78 is 7.00. The Bertz CT molecular complexity index is 892. The van der Waals surface area contributed by atoms with E-state index in [0.717, 1.165) is 11.4 Å². The summed E-state index contributed by atoms with van der Waals surface area (Å²) >= 11 is 5.91. The molecular formula is C17H16ClN3O2. The molecule has 3 rings (SSSR count). The van der Waals surface area contributed by atoms with Gasteiger partial charge in [-0.1, -0.05) is 23.7 Å². The minimum absolute atomic E-state index is 0.160. The van der Waals surface area contributed by atoms with Crippen molar-refractivity contribution < 1.29 is 4.74 Å². The van der Waals surface area contributed by atoms with Gasteiger partial charge in [0.2, 0.25) is 0 Å². The second-order valence-electron chi connectivity index (χ2n) is 4.94. The molecule has 0 unspecified atom stereocenters. The summed E-state index contributed by atoms with van der Waals surface area (Å²) in [7, 11) is 0. The van der Waals surface area contributed by atoms with Crippen molar-refractivity contribution in [3.63, 3.8) is 0 Å². The van der Waals surface area contributed by atoms with Crippen LogP contribution in [0.2, 0.25) is 5.02 Å². The van der Waals surface area contributed by atoms with E-state index in [1.165, 1.54) is 10.5 Å². The maximum atomic E-state index is 12.1. The van der Waals surface area contributed by atoms with Crippen LogP contribution < -0.4 is 15.6 Å². The molecular weight excluding hydrogens is 314 g/mol. The molecule has 6 heteroatoms. The summed E-state index contributed by atoms with van der Waals surface area (Å²) in [4.78, 5) is 16.6. The standard InChI is InChI=1S/C17H16ClN3O2/c1-2-23-15-6-4-3-5-14(15)19-10-13-9-17(22)21-11-12(18)7-8-16(21)20-13/h3-9,11,19H,2,10H2,1H3. The Labute approximate surface area is 138 Å². The summed E-state index contributed by atoms with van der Waals surface area (Å²) in [5.41, 5.74) is 1.93. The number of benzene rings is 1. The first kappa shape index (κ1) is 15.4. The molecule has 23 heavy (non-hydrogen) atoms. The van der Waals surface area contributed by atoms with Crippen molar-refractivity contribution in [2.75, 3.05) is 11.9 Å². The lowest BCUT2D eigenvalue weighted by Gasteiger charge is -2.12. The highest BCUT2D eigenvalue weighted by Crippen LogP contribution is 2.24. The topological polar surface area (TPSA) is 55.6 Å². The van der Waals surface area contributed by atoms with Gasteiger partial charge in [0.1, 0.15) is 11.4 Å². The lowest BCUT2D eigenvalue weighted by molar-refractivity contribution is 0.341. The van der Waals surface area contributed by atoms with Gasteiger partial charge in [-0.2, -0.15) is 0 Å². The predicted molar refractivity (Wildman–Crippen MR) is 91.4 cm³/mol. The third-order valence-corrected chi connectivity index (χ3v) is 3.55. The van der Waals surface area contributed by atoms with Crippen LogP contribution in [0.25, 0.3) is 5.65 Å². The number of hydrogen-bond acceptors (Lipinski definition) is 4. The molecule has 0 fully saturated rings. The molecule has 0 radical (unpaired) electrons. The van der Waals surface area contributed by atoms with Gasteiger partial charge in [-0.05, 0) is 31.2 Å². The lowest BCUT2D eigenvalue weighted by Crippen LogP contribution is -2.16. The summed E-state index contributed by atoms with van der Waals surface area (Å²) in [6.07, 6.45) is 1.56. The average molecular weight is 330 g/mol. The zero-order valence-electron chi connectivity index (χ0n) is 12.6. The van der Waals surface area contributed by atoms with E-state index in [0.29, 0.717) is 29.5 Å². The fraction of sp³-hybridized carbons (Fsp3) is 0.176. The van der Waals surface area contributed by atoms with Gasteiger partial charge < -0.3 is 10.1 Å². The molecule has 3 aromatic rings. The Morgan fingerprint density at radius 3 is 2.91 bits per heavy atom. The minimum Gasteiger partial charge on any atom is -0.492 e. The lowest BCUT2D eigenvalue weighted by atomic mass is 10.3. The maximum absolute atomic E-state index is 12.1. The third-order valence-electron chi connectivity index (χ3n) is 3.32. The molecule has 0 spiro atoms. The van der Waals surface area contributed by atoms with Gasteiger partial charge in [0.15, 0.2) is 0 Å². The molecule has 0 saturated heterocycles. The summed E-state index contributed by atoms with van der Waals surface area (Å²) in [6.45, 7) is 2.96. The number of nitrogens with zero attached hydrogens (tertiary/aromatic N) is 2. The quantitative estimate of drug-likeness (QED) is 0.780. The van der Waals surface area contributed by atoms with Crippen LogP contribution in [0, 0.1) is 0 Å². The van der Waals surface area contributed by atoms with Crippen LogP contribution in [0.4, 0.5) is 5.69 Å². The molecule has 0 amide bonds. The number of fused-ring (bicyclic) bond motifs is 1. The van der Waals surface area contributed by atoms with Crippen molar-refractivity contribution in [1.82, 2.24) is 9.38 Å².